The molecule has 9 rings (SSSR count). The molecule has 0 aromatic heterocycles. The fourth-order valence-corrected chi connectivity index (χ4v) is 5.29. The van der Waals surface area contributed by atoms with Crippen LogP contribution >= 0.6 is 0 Å². The van der Waals surface area contributed by atoms with Crippen molar-refractivity contribution in [1.82, 2.24) is 0 Å². The van der Waals surface area contributed by atoms with Crippen LogP contribution in [-0.2, 0) is 0 Å². The predicted molar refractivity (Wildman–Crippen MR) is 190 cm³/mol. The van der Waals surface area contributed by atoms with Crippen molar-refractivity contribution >= 4 is 53.9 Å². The van der Waals surface area contributed by atoms with Crippen LogP contribution in [-0.4, -0.2) is 0 Å². The summed E-state index contributed by atoms with van der Waals surface area (Å²) in [6.45, 7) is 0. The monoisotopic (exact) mass is 583 g/mol. The van der Waals surface area contributed by atoms with E-state index >= 15 is 0 Å². The minimum absolute atomic E-state index is 0.482. The van der Waals surface area contributed by atoms with Crippen LogP contribution in [0.15, 0.2) is 169 Å². The molecule has 9 aromatic carbocycles. The van der Waals surface area contributed by atoms with E-state index in [0.29, 0.717) is 0 Å². The Hall–Kier alpha value is -5.72. The van der Waals surface area contributed by atoms with Gasteiger partial charge in [-0.05, 0) is 93.3 Å². The van der Waals surface area contributed by atoms with E-state index in [-0.39, 0.29) is 0 Å². The second-order valence-electron chi connectivity index (χ2n) is 9.58. The van der Waals surface area contributed by atoms with Gasteiger partial charge in [-0.2, -0.15) is 0 Å². The number of rotatable bonds is 3. The molecule has 0 atom stereocenters. The normalized spacial score (nSPS) is 20.2. The zero-order chi connectivity index (χ0) is 52.5. The van der Waals surface area contributed by atoms with E-state index in [9.17, 15) is 13.7 Å². The molecule has 0 unspecified atom stereocenters. The summed E-state index contributed by atoms with van der Waals surface area (Å²) in [5.74, 6) is 0. The van der Waals surface area contributed by atoms with Gasteiger partial charge in [0.05, 0.1) is 37.0 Å². The second-order valence-corrected chi connectivity index (χ2v) is 9.58. The summed E-state index contributed by atoms with van der Waals surface area (Å²) in [6, 6.07) is -22.8. The van der Waals surface area contributed by atoms with Crippen LogP contribution < -0.4 is 0 Å². The molecule has 0 heteroatoms. The highest BCUT2D eigenvalue weighted by atomic mass is 14.2. The van der Waals surface area contributed by atoms with Gasteiger partial charge in [-0.3, -0.25) is 0 Å². The largest absolute Gasteiger partial charge is 0.0636 e. The van der Waals surface area contributed by atoms with Gasteiger partial charge in [0.25, 0.3) is 0 Å². The zero-order valence-electron chi connectivity index (χ0n) is 49.1. The van der Waals surface area contributed by atoms with Gasteiger partial charge in [0.1, 0.15) is 0 Å². The van der Waals surface area contributed by atoms with Crippen molar-refractivity contribution in [2.75, 3.05) is 0 Å². The molecule has 0 radical (unpaired) electrons. The molecular weight excluding hydrogens is 528 g/mol. The summed E-state index contributed by atoms with van der Waals surface area (Å²) in [7, 11) is 0. The van der Waals surface area contributed by atoms with Gasteiger partial charge in [0.2, 0.25) is 0 Å². The average molecular weight is 584 g/mol. The first-order valence-electron chi connectivity index (χ1n) is 26.6. The van der Waals surface area contributed by atoms with Crippen LogP contribution in [0, 0.1) is 0 Å². The third-order valence-electron chi connectivity index (χ3n) is 7.20. The highest BCUT2D eigenvalue weighted by molar-refractivity contribution is 6.22. The first-order chi connectivity index (χ1) is 33.1. The minimum Gasteiger partial charge on any atom is -0.0616 e. The lowest BCUT2D eigenvalue weighted by Gasteiger charge is -2.18. The molecule has 0 nitrogen and oxygen atoms in total. The van der Waals surface area contributed by atoms with Crippen molar-refractivity contribution < 1.29 is 37.0 Å². The maximum absolute atomic E-state index is 9.76. The lowest BCUT2D eigenvalue weighted by Crippen LogP contribution is -1.91. The number of benzene rings is 9. The summed E-state index contributed by atoms with van der Waals surface area (Å²) in [6.07, 6.45) is 0. The van der Waals surface area contributed by atoms with Gasteiger partial charge < -0.3 is 0 Å². The maximum atomic E-state index is 9.76. The number of hydrogen-bond acceptors (Lipinski definition) is 0. The SMILES string of the molecule is [2H]c1cc2c(-c3c([2H])c([2H])c(-c4c([2H])c([2H])c([2H])c5c([2H])c([2H])c([2H])c([2H])c45)c([2H])c3[2H])c3c([2H])c([2H])c([2H])c([2H])c3c(-c3c([2H])c([2H])c4c([2H])c([2H])c5c([2H])c([2H])c([2H])c([2H])c5c4c3[2H])c2c([2H])c1[2H]. The van der Waals surface area contributed by atoms with E-state index in [4.69, 9.17) is 23.3 Å². The van der Waals surface area contributed by atoms with Crippen LogP contribution in [0.3, 0.4) is 0 Å². The highest BCUT2D eigenvalue weighted by Gasteiger charge is 2.17. The summed E-state index contributed by atoms with van der Waals surface area (Å²) < 4.78 is 241. The molecule has 0 spiro atoms. The van der Waals surface area contributed by atoms with E-state index < -0.39 is 250 Å². The Kier molecular flexibility index (Phi) is 2.24. The third-order valence-corrected chi connectivity index (χ3v) is 7.20. The summed E-state index contributed by atoms with van der Waals surface area (Å²) in [5, 5.41) is -5.72. The molecular formula is C44H28. The molecule has 0 aliphatic carbocycles. The second kappa shape index (κ2) is 9.93. The maximum Gasteiger partial charge on any atom is 0.0636 e. The predicted octanol–water partition coefficient (Wildman–Crippen LogP) is 12.5. The molecule has 9 aromatic rings. The first-order valence-corrected chi connectivity index (χ1v) is 13.1. The van der Waals surface area contributed by atoms with Crippen molar-refractivity contribution in [3.8, 4) is 33.4 Å². The quantitative estimate of drug-likeness (QED) is 0.143. The smallest absolute Gasteiger partial charge is 0.0616 e. The topological polar surface area (TPSA) is 0 Å². The zero-order valence-corrected chi connectivity index (χ0v) is 22.1. The van der Waals surface area contributed by atoms with Crippen molar-refractivity contribution in [3.05, 3.63) is 169 Å². The molecule has 0 saturated heterocycles. The van der Waals surface area contributed by atoms with Crippen molar-refractivity contribution in [3.63, 3.8) is 0 Å². The standard InChI is InChI=1S/C44H28/c1-3-13-35-29(10-1)12-9-19-36(35)31-22-25-33(26-23-31)43-38-15-5-7-17-40(38)44(41-18-8-6-16-39(41)43)34-27-24-32-21-20-30-11-2-4-14-37(30)42(32)28-34/h1-28H/i1D,2D,3D,4D,5D,6D,7D,8D,9D,10D,11D,12D,13D,14D,15D,17D,18D,19D,20D,21D,22D,23D,24D,25D,26D,27D,28D. The van der Waals surface area contributed by atoms with Crippen molar-refractivity contribution in [2.45, 2.75) is 0 Å². The lowest BCUT2D eigenvalue weighted by atomic mass is 9.85. The fraction of sp³-hybridized carbons (Fsp3) is 0. The lowest BCUT2D eigenvalue weighted by molar-refractivity contribution is 1.63. The van der Waals surface area contributed by atoms with Gasteiger partial charge in [-0.25, -0.2) is 0 Å². The van der Waals surface area contributed by atoms with Gasteiger partial charge >= 0.3 is 0 Å². The Labute approximate surface area is 294 Å². The van der Waals surface area contributed by atoms with Crippen LogP contribution in [0.1, 0.15) is 37.0 Å². The molecule has 204 valence electrons. The Balaban J connectivity index is 1.56. The molecule has 0 N–H and O–H groups in total. The van der Waals surface area contributed by atoms with Crippen LogP contribution in [0.2, 0.25) is 0 Å². The molecule has 0 amide bonds. The highest BCUT2D eigenvalue weighted by Crippen LogP contribution is 2.45. The van der Waals surface area contributed by atoms with E-state index in [1.807, 2.05) is 0 Å². The van der Waals surface area contributed by atoms with Crippen molar-refractivity contribution in [1.29, 1.82) is 0 Å². The van der Waals surface area contributed by atoms with Crippen molar-refractivity contribution in [2.24, 2.45) is 0 Å². The van der Waals surface area contributed by atoms with Crippen LogP contribution in [0.25, 0.3) is 87.2 Å². The molecule has 0 saturated carbocycles. The minimum atomic E-state index is -1.03. The van der Waals surface area contributed by atoms with Crippen LogP contribution in [0.4, 0.5) is 0 Å². The summed E-state index contributed by atoms with van der Waals surface area (Å²) >= 11 is 0. The number of hydrogen-bond donors (Lipinski definition) is 0. The van der Waals surface area contributed by atoms with Gasteiger partial charge in [-0.15, -0.1) is 0 Å². The Morgan fingerprint density at radius 3 is 1.52 bits per heavy atom. The summed E-state index contributed by atoms with van der Waals surface area (Å²) in [4.78, 5) is 0. The molecule has 0 heterocycles. The molecule has 44 heavy (non-hydrogen) atoms. The third kappa shape index (κ3) is 3.85. The molecule has 0 aliphatic heterocycles. The number of fused-ring (bicyclic) bond motifs is 6. The van der Waals surface area contributed by atoms with Gasteiger partial charge in [0, 0.05) is 0 Å². The van der Waals surface area contributed by atoms with E-state index in [1.165, 1.54) is 0 Å². The fourth-order valence-electron chi connectivity index (χ4n) is 5.29. The first kappa shape index (κ1) is 9.91. The van der Waals surface area contributed by atoms with E-state index in [2.05, 4.69) is 0 Å². The van der Waals surface area contributed by atoms with E-state index in [1.54, 1.807) is 0 Å². The molecule has 0 fully saturated rings. The Morgan fingerprint density at radius 1 is 0.295 bits per heavy atom. The van der Waals surface area contributed by atoms with E-state index in [0.717, 1.165) is 6.07 Å². The van der Waals surface area contributed by atoms with Gasteiger partial charge in [0.15, 0.2) is 0 Å². The summed E-state index contributed by atoms with van der Waals surface area (Å²) in [5.41, 5.74) is -4.18. The molecule has 0 bridgehead atoms. The van der Waals surface area contributed by atoms with Crippen LogP contribution in [0.5, 0.6) is 0 Å². The molecule has 0 aliphatic rings. The average Bonchev–Trinajstić information content (AvgIpc) is 3.33. The Morgan fingerprint density at radius 2 is 0.773 bits per heavy atom. The van der Waals surface area contributed by atoms with Gasteiger partial charge in [-0.1, -0.05) is 163 Å². The Bertz CT molecular complexity index is 4030.